The van der Waals surface area contributed by atoms with E-state index in [0.717, 1.165) is 17.7 Å². The number of carbonyl (C=O) groups is 2. The van der Waals surface area contributed by atoms with Gasteiger partial charge in [-0.15, -0.1) is 0 Å². The van der Waals surface area contributed by atoms with Gasteiger partial charge in [0.1, 0.15) is 0 Å². The van der Waals surface area contributed by atoms with Gasteiger partial charge in [-0.05, 0) is 50.5 Å². The molecule has 0 bridgehead atoms. The average molecular weight is 366 g/mol. The highest BCUT2D eigenvalue weighted by atomic mass is 32.2. The Hall–Kier alpha value is -1.89. The molecule has 7 heteroatoms. The average Bonchev–Trinajstić information content (AvgIpc) is 2.97. The molecule has 1 aromatic rings. The fourth-order valence-electron chi connectivity index (χ4n) is 2.92. The fraction of sp³-hybridized carbons (Fsp3) is 0.556. The molecule has 0 saturated carbocycles. The topological polar surface area (TPSA) is 83.6 Å². The van der Waals surface area contributed by atoms with Crippen LogP contribution in [0.1, 0.15) is 46.1 Å². The van der Waals surface area contributed by atoms with Crippen LogP contribution in [0.25, 0.3) is 0 Å². The number of nitrogens with one attached hydrogen (secondary N) is 1. The van der Waals surface area contributed by atoms with Gasteiger partial charge in [-0.2, -0.15) is 0 Å². The van der Waals surface area contributed by atoms with Gasteiger partial charge in [-0.3, -0.25) is 9.59 Å². The van der Waals surface area contributed by atoms with Crippen LogP contribution < -0.4 is 10.2 Å². The van der Waals surface area contributed by atoms with Gasteiger partial charge < -0.3 is 10.2 Å². The number of benzene rings is 1. The summed E-state index contributed by atoms with van der Waals surface area (Å²) in [5.41, 5.74) is 1.63. The number of nitrogens with zero attached hydrogens (tertiary/aromatic N) is 1. The molecule has 0 aliphatic carbocycles. The van der Waals surface area contributed by atoms with Crippen LogP contribution in [0.3, 0.4) is 0 Å². The number of fused-ring (bicyclic) bond motifs is 1. The Morgan fingerprint density at radius 2 is 1.96 bits per heavy atom. The third kappa shape index (κ3) is 4.21. The summed E-state index contributed by atoms with van der Waals surface area (Å²) in [6.45, 7) is 7.47. The van der Waals surface area contributed by atoms with Crippen molar-refractivity contribution >= 4 is 27.3 Å². The summed E-state index contributed by atoms with van der Waals surface area (Å²) in [7, 11) is -3.60. The van der Waals surface area contributed by atoms with Crippen LogP contribution in [0.5, 0.6) is 0 Å². The van der Waals surface area contributed by atoms with Crippen LogP contribution >= 0.6 is 0 Å². The van der Waals surface area contributed by atoms with E-state index in [9.17, 15) is 18.0 Å². The normalized spacial score (nSPS) is 16.2. The molecule has 2 amide bonds. The molecule has 1 heterocycles. The van der Waals surface area contributed by atoms with Crippen molar-refractivity contribution in [1.82, 2.24) is 5.32 Å². The van der Waals surface area contributed by atoms with Crippen LogP contribution in [-0.4, -0.2) is 38.1 Å². The second-order valence-corrected chi connectivity index (χ2v) is 9.01. The minimum Gasteiger partial charge on any atom is -0.354 e. The van der Waals surface area contributed by atoms with E-state index in [1.165, 1.54) is 13.0 Å². The molecule has 1 aliphatic heterocycles. The highest BCUT2D eigenvalue weighted by Crippen LogP contribution is 2.31. The highest BCUT2D eigenvalue weighted by Gasteiger charge is 2.29. The maximum Gasteiger partial charge on any atom is 0.223 e. The fourth-order valence-corrected chi connectivity index (χ4v) is 4.32. The minimum atomic E-state index is -3.60. The van der Waals surface area contributed by atoms with Gasteiger partial charge in [0.2, 0.25) is 11.8 Å². The van der Waals surface area contributed by atoms with Crippen molar-refractivity contribution in [3.8, 4) is 0 Å². The van der Waals surface area contributed by atoms with Crippen LogP contribution in [-0.2, 0) is 25.8 Å². The summed E-state index contributed by atoms with van der Waals surface area (Å²) in [5, 5.41) is 1.99. The summed E-state index contributed by atoms with van der Waals surface area (Å²) >= 11 is 0. The molecule has 6 nitrogen and oxygen atoms in total. The van der Waals surface area contributed by atoms with E-state index in [2.05, 4.69) is 5.32 Å². The molecule has 1 aliphatic rings. The molecule has 0 fully saturated rings. The van der Waals surface area contributed by atoms with Gasteiger partial charge in [0.25, 0.3) is 0 Å². The number of hydrogen-bond acceptors (Lipinski definition) is 4. The molecule has 138 valence electrons. The van der Waals surface area contributed by atoms with E-state index in [-0.39, 0.29) is 29.2 Å². The monoisotopic (exact) mass is 366 g/mol. The van der Waals surface area contributed by atoms with Crippen LogP contribution in [0.15, 0.2) is 23.1 Å². The molecule has 1 N–H and O–H groups in total. The number of sulfone groups is 1. The zero-order chi connectivity index (χ0) is 18.8. The van der Waals surface area contributed by atoms with Gasteiger partial charge in [-0.25, -0.2) is 8.42 Å². The van der Waals surface area contributed by atoms with E-state index < -0.39 is 15.1 Å². The number of carbonyl (C=O) groups excluding carboxylic acids is 2. The van der Waals surface area contributed by atoms with Gasteiger partial charge in [-0.1, -0.05) is 6.92 Å². The highest BCUT2D eigenvalue weighted by molar-refractivity contribution is 7.92. The number of anilines is 1. The molecular weight excluding hydrogens is 340 g/mol. The quantitative estimate of drug-likeness (QED) is 0.835. The lowest BCUT2D eigenvalue weighted by atomic mass is 10.2. The van der Waals surface area contributed by atoms with Gasteiger partial charge in [0.15, 0.2) is 9.84 Å². The second kappa shape index (κ2) is 7.56. The van der Waals surface area contributed by atoms with E-state index in [1.807, 2.05) is 13.8 Å². The van der Waals surface area contributed by atoms with Crippen molar-refractivity contribution in [3.63, 3.8) is 0 Å². The lowest BCUT2D eigenvalue weighted by Gasteiger charge is -2.17. The van der Waals surface area contributed by atoms with Gasteiger partial charge >= 0.3 is 0 Å². The Balaban J connectivity index is 2.17. The largest absolute Gasteiger partial charge is 0.354 e. The smallest absolute Gasteiger partial charge is 0.223 e. The van der Waals surface area contributed by atoms with Gasteiger partial charge in [0.05, 0.1) is 10.1 Å². The van der Waals surface area contributed by atoms with Crippen LogP contribution in [0.4, 0.5) is 5.69 Å². The standard InChI is InChI=1S/C18H26N2O4S/c1-5-12(2)19-18(22)10-13(3)25(23,24)16-6-7-17-15(11-16)8-9-20(17)14(4)21/h6-7,11-13H,5,8-10H2,1-4H3,(H,19,22)/t12-,13-/m0/s1. The second-order valence-electron chi connectivity index (χ2n) is 6.65. The molecular formula is C18H26N2O4S. The van der Waals surface area contributed by atoms with Crippen LogP contribution in [0, 0.1) is 0 Å². The first-order valence-electron chi connectivity index (χ1n) is 8.61. The molecule has 0 aromatic heterocycles. The lowest BCUT2D eigenvalue weighted by Crippen LogP contribution is -2.35. The summed E-state index contributed by atoms with van der Waals surface area (Å²) in [6.07, 6.45) is 1.37. The number of rotatable bonds is 6. The zero-order valence-corrected chi connectivity index (χ0v) is 16.0. The Morgan fingerprint density at radius 1 is 1.28 bits per heavy atom. The molecule has 0 saturated heterocycles. The first-order valence-corrected chi connectivity index (χ1v) is 10.2. The molecule has 0 unspecified atom stereocenters. The number of hydrogen-bond donors (Lipinski definition) is 1. The van der Waals surface area contributed by atoms with Crippen molar-refractivity contribution < 1.29 is 18.0 Å². The van der Waals surface area contributed by atoms with Crippen molar-refractivity contribution in [2.75, 3.05) is 11.4 Å². The molecule has 2 atom stereocenters. The minimum absolute atomic E-state index is 0.0277. The number of amides is 2. The molecule has 2 rings (SSSR count). The van der Waals surface area contributed by atoms with Crippen molar-refractivity contribution in [2.24, 2.45) is 0 Å². The van der Waals surface area contributed by atoms with E-state index >= 15 is 0 Å². The zero-order valence-electron chi connectivity index (χ0n) is 15.2. The third-order valence-corrected chi connectivity index (χ3v) is 6.81. The Morgan fingerprint density at radius 3 is 2.56 bits per heavy atom. The van der Waals surface area contributed by atoms with Crippen molar-refractivity contribution in [2.45, 2.75) is 63.1 Å². The predicted octanol–water partition coefficient (Wildman–Crippen LogP) is 2.06. The first kappa shape index (κ1) is 19.4. The molecule has 0 spiro atoms. The van der Waals surface area contributed by atoms with Crippen LogP contribution in [0.2, 0.25) is 0 Å². The van der Waals surface area contributed by atoms with Crippen molar-refractivity contribution in [1.29, 1.82) is 0 Å². The van der Waals surface area contributed by atoms with Gasteiger partial charge in [0, 0.05) is 31.6 Å². The summed E-state index contributed by atoms with van der Waals surface area (Å²) in [4.78, 5) is 25.4. The van der Waals surface area contributed by atoms with E-state index in [4.69, 9.17) is 0 Å². The summed E-state index contributed by atoms with van der Waals surface area (Å²) < 4.78 is 25.6. The van der Waals surface area contributed by atoms with Crippen molar-refractivity contribution in [3.05, 3.63) is 23.8 Å². The Labute approximate surface area is 149 Å². The predicted molar refractivity (Wildman–Crippen MR) is 97.3 cm³/mol. The Kier molecular flexibility index (Phi) is 5.87. The lowest BCUT2D eigenvalue weighted by molar-refractivity contribution is -0.121. The maximum absolute atomic E-state index is 12.8. The molecule has 0 radical (unpaired) electrons. The van der Waals surface area contributed by atoms with E-state index in [0.29, 0.717) is 13.0 Å². The summed E-state index contributed by atoms with van der Waals surface area (Å²) in [6, 6.07) is 4.87. The first-order chi connectivity index (χ1) is 11.7. The summed E-state index contributed by atoms with van der Waals surface area (Å²) in [5.74, 6) is -0.307. The third-order valence-electron chi connectivity index (χ3n) is 4.68. The van der Waals surface area contributed by atoms with E-state index in [1.54, 1.807) is 24.0 Å². The molecule has 1 aromatic carbocycles. The maximum atomic E-state index is 12.8. The SMILES string of the molecule is CC[C@H](C)NC(=O)C[C@H](C)S(=O)(=O)c1ccc2c(c1)CCN2C(C)=O. The molecule has 25 heavy (non-hydrogen) atoms. The Bertz CT molecular complexity index is 773.